The van der Waals surface area contributed by atoms with E-state index in [0.29, 0.717) is 6.04 Å². The lowest BCUT2D eigenvalue weighted by Crippen LogP contribution is -2.23. The maximum absolute atomic E-state index is 8.28. The highest BCUT2D eigenvalue weighted by Gasteiger charge is 1.92. The van der Waals surface area contributed by atoms with Gasteiger partial charge in [-0.15, -0.1) is 0 Å². The number of hydrogen-bond acceptors (Lipinski definition) is 2. The number of nitrogens with zero attached hydrogens (tertiary/aromatic N) is 1. The molecule has 0 bridgehead atoms. The largest absolute Gasteiger partial charge is 0.315 e. The summed E-state index contributed by atoms with van der Waals surface area (Å²) >= 11 is 0. The molecular formula is C10H20N2. The molecule has 0 aromatic rings. The molecular weight excluding hydrogens is 148 g/mol. The quantitative estimate of drug-likeness (QED) is 0.593. The first-order valence-electron chi connectivity index (χ1n) is 4.87. The molecule has 0 aliphatic rings. The minimum atomic E-state index is 0.601. The van der Waals surface area contributed by atoms with Crippen LogP contribution in [0, 0.1) is 11.3 Å². The molecule has 0 aromatic carbocycles. The van der Waals surface area contributed by atoms with Gasteiger partial charge in [0.2, 0.25) is 0 Å². The van der Waals surface area contributed by atoms with E-state index in [9.17, 15) is 0 Å². The SMILES string of the molecule is CC(C)NCCCCCCC#N. The van der Waals surface area contributed by atoms with Crippen molar-refractivity contribution in [2.24, 2.45) is 0 Å². The van der Waals surface area contributed by atoms with Crippen molar-refractivity contribution in [3.05, 3.63) is 0 Å². The molecule has 0 amide bonds. The van der Waals surface area contributed by atoms with Gasteiger partial charge in [0.25, 0.3) is 0 Å². The monoisotopic (exact) mass is 168 g/mol. The predicted molar refractivity (Wildman–Crippen MR) is 51.8 cm³/mol. The van der Waals surface area contributed by atoms with Crippen LogP contribution in [0.3, 0.4) is 0 Å². The Bertz CT molecular complexity index is 124. The summed E-state index contributed by atoms with van der Waals surface area (Å²) in [6.07, 6.45) is 5.48. The number of unbranched alkanes of at least 4 members (excludes halogenated alkanes) is 4. The van der Waals surface area contributed by atoms with E-state index < -0.39 is 0 Å². The Kier molecular flexibility index (Phi) is 8.15. The fourth-order valence-corrected chi connectivity index (χ4v) is 1.07. The van der Waals surface area contributed by atoms with Crippen molar-refractivity contribution in [1.29, 1.82) is 5.26 Å². The van der Waals surface area contributed by atoms with E-state index in [1.165, 1.54) is 19.3 Å². The zero-order valence-electron chi connectivity index (χ0n) is 8.27. The van der Waals surface area contributed by atoms with E-state index in [-0.39, 0.29) is 0 Å². The maximum atomic E-state index is 8.28. The van der Waals surface area contributed by atoms with Crippen molar-refractivity contribution < 1.29 is 0 Å². The lowest BCUT2D eigenvalue weighted by atomic mass is 10.1. The molecule has 0 aliphatic carbocycles. The molecule has 2 heteroatoms. The van der Waals surface area contributed by atoms with E-state index in [4.69, 9.17) is 5.26 Å². The van der Waals surface area contributed by atoms with Crippen molar-refractivity contribution in [2.75, 3.05) is 6.54 Å². The summed E-state index contributed by atoms with van der Waals surface area (Å²) in [5.41, 5.74) is 0. The zero-order chi connectivity index (χ0) is 9.23. The van der Waals surface area contributed by atoms with Gasteiger partial charge in [-0.1, -0.05) is 26.7 Å². The van der Waals surface area contributed by atoms with Crippen LogP contribution in [0.4, 0.5) is 0 Å². The molecule has 1 N–H and O–H groups in total. The second kappa shape index (κ2) is 8.55. The highest BCUT2D eigenvalue weighted by Crippen LogP contribution is 2.01. The summed E-state index contributed by atoms with van der Waals surface area (Å²) in [5.74, 6) is 0. The molecule has 0 aliphatic heterocycles. The molecule has 70 valence electrons. The van der Waals surface area contributed by atoms with Crippen LogP contribution in [0.1, 0.15) is 46.0 Å². The molecule has 0 fully saturated rings. The van der Waals surface area contributed by atoms with E-state index >= 15 is 0 Å². The van der Waals surface area contributed by atoms with Crippen LogP contribution in [0.5, 0.6) is 0 Å². The first-order valence-corrected chi connectivity index (χ1v) is 4.87. The summed E-state index contributed by atoms with van der Waals surface area (Å²) in [5, 5.41) is 11.7. The molecule has 0 saturated carbocycles. The fraction of sp³-hybridized carbons (Fsp3) is 0.900. The molecule has 0 spiro atoms. The van der Waals surface area contributed by atoms with Crippen LogP contribution in [-0.2, 0) is 0 Å². The number of hydrogen-bond donors (Lipinski definition) is 1. The molecule has 2 nitrogen and oxygen atoms in total. The summed E-state index contributed by atoms with van der Waals surface area (Å²) < 4.78 is 0. The summed E-state index contributed by atoms with van der Waals surface area (Å²) in [7, 11) is 0. The Morgan fingerprint density at radius 3 is 2.42 bits per heavy atom. The van der Waals surface area contributed by atoms with Crippen molar-refractivity contribution in [1.82, 2.24) is 5.32 Å². The van der Waals surface area contributed by atoms with E-state index in [0.717, 1.165) is 19.4 Å². The first kappa shape index (κ1) is 11.4. The third-order valence-electron chi connectivity index (χ3n) is 1.77. The van der Waals surface area contributed by atoms with Crippen LogP contribution in [0.25, 0.3) is 0 Å². The minimum absolute atomic E-state index is 0.601. The van der Waals surface area contributed by atoms with E-state index in [2.05, 4.69) is 25.2 Å². The molecule has 0 radical (unpaired) electrons. The highest BCUT2D eigenvalue weighted by atomic mass is 14.9. The Balaban J connectivity index is 2.87. The Hall–Kier alpha value is -0.550. The molecule has 12 heavy (non-hydrogen) atoms. The van der Waals surface area contributed by atoms with Gasteiger partial charge >= 0.3 is 0 Å². The van der Waals surface area contributed by atoms with Gasteiger partial charge in [0, 0.05) is 12.5 Å². The van der Waals surface area contributed by atoms with Crippen LogP contribution in [-0.4, -0.2) is 12.6 Å². The van der Waals surface area contributed by atoms with Gasteiger partial charge < -0.3 is 5.32 Å². The molecule has 0 unspecified atom stereocenters. The van der Waals surface area contributed by atoms with Crippen molar-refractivity contribution in [3.8, 4) is 6.07 Å². The predicted octanol–water partition coefficient (Wildman–Crippen LogP) is 2.46. The summed E-state index contributed by atoms with van der Waals surface area (Å²) in [6, 6.07) is 2.76. The zero-order valence-corrected chi connectivity index (χ0v) is 8.27. The van der Waals surface area contributed by atoms with Crippen molar-refractivity contribution in [2.45, 2.75) is 52.0 Å². The van der Waals surface area contributed by atoms with Crippen LogP contribution >= 0.6 is 0 Å². The van der Waals surface area contributed by atoms with Crippen molar-refractivity contribution >= 4 is 0 Å². The molecule has 0 aromatic heterocycles. The smallest absolute Gasteiger partial charge is 0.0621 e. The third-order valence-corrected chi connectivity index (χ3v) is 1.77. The second-order valence-electron chi connectivity index (χ2n) is 3.43. The van der Waals surface area contributed by atoms with E-state index in [1.807, 2.05) is 0 Å². The Morgan fingerprint density at radius 2 is 1.83 bits per heavy atom. The first-order chi connectivity index (χ1) is 5.77. The van der Waals surface area contributed by atoms with Gasteiger partial charge in [0.05, 0.1) is 6.07 Å². The summed E-state index contributed by atoms with van der Waals surface area (Å²) in [4.78, 5) is 0. The van der Waals surface area contributed by atoms with E-state index in [1.54, 1.807) is 0 Å². The minimum Gasteiger partial charge on any atom is -0.315 e. The van der Waals surface area contributed by atoms with Crippen molar-refractivity contribution in [3.63, 3.8) is 0 Å². The Morgan fingerprint density at radius 1 is 1.17 bits per heavy atom. The molecule has 0 heterocycles. The van der Waals surface area contributed by atoms with Gasteiger partial charge in [-0.3, -0.25) is 0 Å². The number of nitrogens with one attached hydrogen (secondary N) is 1. The molecule has 0 atom stereocenters. The average molecular weight is 168 g/mol. The second-order valence-corrected chi connectivity index (χ2v) is 3.43. The van der Waals surface area contributed by atoms with Gasteiger partial charge in [-0.2, -0.15) is 5.26 Å². The lowest BCUT2D eigenvalue weighted by molar-refractivity contribution is 0.543. The van der Waals surface area contributed by atoms with Gasteiger partial charge in [0.1, 0.15) is 0 Å². The molecule has 0 saturated heterocycles. The normalized spacial score (nSPS) is 10.2. The Labute approximate surface area is 76.0 Å². The van der Waals surface area contributed by atoms with Gasteiger partial charge in [-0.25, -0.2) is 0 Å². The van der Waals surface area contributed by atoms with Gasteiger partial charge in [-0.05, 0) is 19.4 Å². The third kappa shape index (κ3) is 9.45. The summed E-state index contributed by atoms with van der Waals surface area (Å²) in [6.45, 7) is 5.44. The lowest BCUT2D eigenvalue weighted by Gasteiger charge is -2.06. The molecule has 0 rings (SSSR count). The van der Waals surface area contributed by atoms with Gasteiger partial charge in [0.15, 0.2) is 0 Å². The fourth-order valence-electron chi connectivity index (χ4n) is 1.07. The average Bonchev–Trinajstić information content (AvgIpc) is 2.02. The number of rotatable bonds is 7. The number of nitriles is 1. The maximum Gasteiger partial charge on any atom is 0.0621 e. The topological polar surface area (TPSA) is 35.8 Å². The van der Waals surface area contributed by atoms with Crippen LogP contribution in [0.15, 0.2) is 0 Å². The standard InChI is InChI=1S/C10H20N2/c1-10(2)12-9-7-5-3-4-6-8-11/h10,12H,3-7,9H2,1-2H3. The van der Waals surface area contributed by atoms with Crippen LogP contribution < -0.4 is 5.32 Å². The highest BCUT2D eigenvalue weighted by molar-refractivity contribution is 4.67. The van der Waals surface area contributed by atoms with Crippen LogP contribution in [0.2, 0.25) is 0 Å².